The average Bonchev–Trinajstić information content (AvgIpc) is 2.68. The summed E-state index contributed by atoms with van der Waals surface area (Å²) in [5.41, 5.74) is 3.36. The molecule has 0 unspecified atom stereocenters. The van der Waals surface area contributed by atoms with Crippen molar-refractivity contribution in [2.24, 2.45) is 11.8 Å². The van der Waals surface area contributed by atoms with Gasteiger partial charge >= 0.3 is 0 Å². The summed E-state index contributed by atoms with van der Waals surface area (Å²) < 4.78 is 0. The zero-order valence-electron chi connectivity index (χ0n) is 18.1. The Morgan fingerprint density at radius 3 is 2.45 bits per heavy atom. The topological polar surface area (TPSA) is 34.6 Å². The van der Waals surface area contributed by atoms with E-state index in [4.69, 9.17) is 17.2 Å². The minimum Gasteiger partial charge on any atom is -0.354 e. The lowest BCUT2D eigenvalue weighted by Crippen LogP contribution is -2.44. The molecule has 4 rings (SSSR count). The largest absolute Gasteiger partial charge is 0.354 e. The molecule has 156 valence electrons. The van der Waals surface area contributed by atoms with Crippen molar-refractivity contribution in [2.75, 3.05) is 56.5 Å². The monoisotopic (exact) mass is 411 g/mol. The molecule has 1 aromatic heterocycles. The zero-order chi connectivity index (χ0) is 20.5. The molecule has 3 heterocycles. The molecule has 2 fully saturated rings. The van der Waals surface area contributed by atoms with Crippen molar-refractivity contribution in [1.82, 2.24) is 14.8 Å². The lowest BCUT2D eigenvalue weighted by atomic mass is 9.92. The van der Waals surface area contributed by atoms with Gasteiger partial charge in [-0.05, 0) is 74.3 Å². The van der Waals surface area contributed by atoms with Gasteiger partial charge in [0, 0.05) is 50.3 Å². The molecule has 5 nitrogen and oxygen atoms in total. The van der Waals surface area contributed by atoms with Gasteiger partial charge in [0.15, 0.2) is 5.11 Å². The van der Waals surface area contributed by atoms with Crippen molar-refractivity contribution < 1.29 is 0 Å². The fourth-order valence-corrected chi connectivity index (χ4v) is 4.95. The number of fused-ring (bicyclic) bond motifs is 1. The predicted molar refractivity (Wildman–Crippen MR) is 127 cm³/mol. The van der Waals surface area contributed by atoms with Crippen LogP contribution in [0, 0.1) is 18.8 Å². The Bertz CT molecular complexity index is 880. The van der Waals surface area contributed by atoms with Gasteiger partial charge in [0.1, 0.15) is 5.82 Å². The number of benzene rings is 1. The molecule has 1 aromatic carbocycles. The maximum Gasteiger partial charge on any atom is 0.173 e. The molecule has 0 bridgehead atoms. The van der Waals surface area contributed by atoms with Crippen LogP contribution in [0.1, 0.15) is 25.8 Å². The minimum absolute atomic E-state index is 0.689. The summed E-state index contributed by atoms with van der Waals surface area (Å²) in [5, 5.41) is 5.49. The Morgan fingerprint density at radius 1 is 1.07 bits per heavy atom. The number of hydrogen-bond acceptors (Lipinski definition) is 4. The first-order valence-corrected chi connectivity index (χ1v) is 11.2. The molecule has 0 spiro atoms. The van der Waals surface area contributed by atoms with Gasteiger partial charge in [-0.15, -0.1) is 0 Å². The van der Waals surface area contributed by atoms with Crippen molar-refractivity contribution in [2.45, 2.75) is 27.2 Å². The third-order valence-corrected chi connectivity index (χ3v) is 6.60. The lowest BCUT2D eigenvalue weighted by molar-refractivity contribution is 0.216. The van der Waals surface area contributed by atoms with Crippen LogP contribution >= 0.6 is 12.2 Å². The van der Waals surface area contributed by atoms with Gasteiger partial charge in [-0.3, -0.25) is 0 Å². The van der Waals surface area contributed by atoms with Crippen LogP contribution in [0.2, 0.25) is 0 Å². The lowest BCUT2D eigenvalue weighted by Gasteiger charge is -2.36. The van der Waals surface area contributed by atoms with Crippen molar-refractivity contribution in [3.05, 3.63) is 29.8 Å². The van der Waals surface area contributed by atoms with Crippen molar-refractivity contribution in [3.8, 4) is 0 Å². The average molecular weight is 412 g/mol. The van der Waals surface area contributed by atoms with E-state index in [1.807, 2.05) is 0 Å². The van der Waals surface area contributed by atoms with Crippen LogP contribution in [0.15, 0.2) is 24.3 Å². The van der Waals surface area contributed by atoms with E-state index >= 15 is 0 Å². The number of aromatic nitrogens is 1. The van der Waals surface area contributed by atoms with E-state index in [0.717, 1.165) is 61.4 Å². The second-order valence-electron chi connectivity index (χ2n) is 9.10. The summed E-state index contributed by atoms with van der Waals surface area (Å²) in [6.07, 6.45) is 1.29. The molecule has 2 atom stereocenters. The highest BCUT2D eigenvalue weighted by Gasteiger charge is 2.23. The van der Waals surface area contributed by atoms with E-state index < -0.39 is 0 Å². The number of piperazine rings is 1. The Hall–Kier alpha value is -1.92. The fraction of sp³-hybridized carbons (Fsp3) is 0.565. The van der Waals surface area contributed by atoms with E-state index in [9.17, 15) is 0 Å². The normalized spacial score (nSPS) is 23.4. The number of nitrogens with zero attached hydrogens (tertiary/aromatic N) is 4. The van der Waals surface area contributed by atoms with Crippen LogP contribution in [-0.2, 0) is 0 Å². The smallest absolute Gasteiger partial charge is 0.173 e. The maximum atomic E-state index is 5.72. The molecule has 6 heteroatoms. The molecule has 1 N–H and O–H groups in total. The highest BCUT2D eigenvalue weighted by Crippen LogP contribution is 2.27. The predicted octanol–water partition coefficient (Wildman–Crippen LogP) is 3.97. The number of piperidine rings is 1. The van der Waals surface area contributed by atoms with Gasteiger partial charge in [-0.25, -0.2) is 4.98 Å². The molecule has 2 saturated heterocycles. The maximum absolute atomic E-state index is 5.72. The van der Waals surface area contributed by atoms with E-state index in [2.05, 4.69) is 72.1 Å². The molecule has 2 aliphatic heterocycles. The number of nitrogens with one attached hydrogen (secondary N) is 1. The summed E-state index contributed by atoms with van der Waals surface area (Å²) in [7, 11) is 2.18. The van der Waals surface area contributed by atoms with Gasteiger partial charge in [0.25, 0.3) is 0 Å². The van der Waals surface area contributed by atoms with Gasteiger partial charge in [0.2, 0.25) is 0 Å². The number of aryl methyl sites for hydroxylation is 1. The fourth-order valence-electron chi connectivity index (χ4n) is 4.68. The number of anilines is 2. The summed E-state index contributed by atoms with van der Waals surface area (Å²) in [4.78, 5) is 12.0. The van der Waals surface area contributed by atoms with Crippen LogP contribution in [0.4, 0.5) is 11.5 Å². The second kappa shape index (κ2) is 8.44. The number of hydrogen-bond donors (Lipinski definition) is 1. The summed E-state index contributed by atoms with van der Waals surface area (Å²) in [6, 6.07) is 8.64. The van der Waals surface area contributed by atoms with Crippen molar-refractivity contribution in [3.63, 3.8) is 0 Å². The molecular formula is C23H33N5S. The Morgan fingerprint density at radius 2 is 1.76 bits per heavy atom. The first-order chi connectivity index (χ1) is 13.9. The van der Waals surface area contributed by atoms with Gasteiger partial charge in [0.05, 0.1) is 5.52 Å². The summed E-state index contributed by atoms with van der Waals surface area (Å²) in [5.74, 6) is 2.47. The highest BCUT2D eigenvalue weighted by atomic mass is 32.1. The number of likely N-dealkylation sites (tertiary alicyclic amines) is 1. The van der Waals surface area contributed by atoms with E-state index in [1.54, 1.807) is 0 Å². The van der Waals surface area contributed by atoms with Crippen molar-refractivity contribution in [1.29, 1.82) is 0 Å². The van der Waals surface area contributed by atoms with Crippen LogP contribution in [0.25, 0.3) is 10.9 Å². The van der Waals surface area contributed by atoms with Gasteiger partial charge < -0.3 is 20.0 Å². The molecule has 0 amide bonds. The van der Waals surface area contributed by atoms with Crippen molar-refractivity contribution >= 4 is 39.7 Å². The second-order valence-corrected chi connectivity index (χ2v) is 9.49. The molecule has 0 aliphatic carbocycles. The number of thiocarbonyl (C=S) groups is 1. The van der Waals surface area contributed by atoms with Gasteiger partial charge in [-0.2, -0.15) is 0 Å². The van der Waals surface area contributed by atoms with Crippen LogP contribution < -0.4 is 10.2 Å². The molecular weight excluding hydrogens is 378 g/mol. The molecule has 0 saturated carbocycles. The molecule has 0 radical (unpaired) electrons. The van der Waals surface area contributed by atoms with Crippen LogP contribution in [0.3, 0.4) is 0 Å². The quantitative estimate of drug-likeness (QED) is 0.754. The number of rotatable bonds is 2. The Balaban J connectivity index is 1.51. The van der Waals surface area contributed by atoms with Crippen LogP contribution in [-0.4, -0.2) is 66.2 Å². The number of pyridine rings is 1. The standard InChI is InChI=1S/C23H33N5S/c1-16-11-17(2)15-28(14-16)23(29)24-19-5-6-21-20(13-19)18(3)12-22(25-21)27-9-7-26(4)8-10-27/h5-6,12-13,16-17H,7-11,14-15H2,1-4H3,(H,24,29)/t16-,17+. The highest BCUT2D eigenvalue weighted by molar-refractivity contribution is 7.80. The SMILES string of the molecule is Cc1cc(N2CCN(C)CC2)nc2ccc(NC(=S)N3C[C@H](C)C[C@H](C)C3)cc12. The first-order valence-electron chi connectivity index (χ1n) is 10.8. The molecule has 2 aliphatic rings. The zero-order valence-corrected chi connectivity index (χ0v) is 18.9. The minimum atomic E-state index is 0.689. The van der Waals surface area contributed by atoms with E-state index in [-0.39, 0.29) is 0 Å². The summed E-state index contributed by atoms with van der Waals surface area (Å²) >= 11 is 5.72. The third kappa shape index (κ3) is 4.64. The Kier molecular flexibility index (Phi) is 5.93. The number of likely N-dealkylation sites (N-methyl/N-ethyl adjacent to an activating group) is 1. The van der Waals surface area contributed by atoms with E-state index in [0.29, 0.717) is 11.8 Å². The van der Waals surface area contributed by atoms with Crippen LogP contribution in [0.5, 0.6) is 0 Å². The molecule has 2 aromatic rings. The third-order valence-electron chi connectivity index (χ3n) is 6.24. The van der Waals surface area contributed by atoms with Gasteiger partial charge in [-0.1, -0.05) is 13.8 Å². The first kappa shape index (κ1) is 20.4. The van der Waals surface area contributed by atoms with E-state index in [1.165, 1.54) is 17.4 Å². The Labute approximate surface area is 180 Å². The summed E-state index contributed by atoms with van der Waals surface area (Å²) in [6.45, 7) is 13.1. The molecule has 29 heavy (non-hydrogen) atoms.